The van der Waals surface area contributed by atoms with Crippen molar-refractivity contribution in [2.45, 2.75) is 0 Å². The Balaban J connectivity index is 1.83. The van der Waals surface area contributed by atoms with Gasteiger partial charge in [0.25, 0.3) is 17.7 Å². The number of nitrogens with zero attached hydrogens (tertiary/aromatic N) is 1. The molecule has 0 saturated heterocycles. The van der Waals surface area contributed by atoms with Gasteiger partial charge in [-0.3, -0.25) is 14.4 Å². The van der Waals surface area contributed by atoms with E-state index in [0.29, 0.717) is 10.6 Å². The summed E-state index contributed by atoms with van der Waals surface area (Å²) in [5.74, 6) is -1.38. The minimum absolute atomic E-state index is 0.0775. The van der Waals surface area contributed by atoms with Crippen LogP contribution in [0.2, 0.25) is 0 Å². The third kappa shape index (κ3) is 2.54. The van der Waals surface area contributed by atoms with E-state index in [1.807, 2.05) is 0 Å². The van der Waals surface area contributed by atoms with Crippen LogP contribution in [0.1, 0.15) is 26.3 Å². The highest BCUT2D eigenvalue weighted by atomic mass is 16.5. The van der Waals surface area contributed by atoms with Gasteiger partial charge in [0, 0.05) is 11.8 Å². The second-order valence-corrected chi connectivity index (χ2v) is 5.16. The zero-order chi connectivity index (χ0) is 17.3. The van der Waals surface area contributed by atoms with E-state index in [-0.39, 0.29) is 16.8 Å². The Kier molecular flexibility index (Phi) is 3.87. The van der Waals surface area contributed by atoms with Crippen molar-refractivity contribution < 1.29 is 19.1 Å². The van der Waals surface area contributed by atoms with Crippen molar-refractivity contribution in [2.75, 3.05) is 12.8 Å². The molecule has 2 N–H and O–H groups in total. The number of benzene rings is 2. The predicted octanol–water partition coefficient (Wildman–Crippen LogP) is 2.11. The van der Waals surface area contributed by atoms with Crippen molar-refractivity contribution in [1.82, 2.24) is 4.90 Å². The second-order valence-electron chi connectivity index (χ2n) is 5.16. The number of imide groups is 3. The maximum absolute atomic E-state index is 12.3. The lowest BCUT2D eigenvalue weighted by atomic mass is 10.1. The lowest BCUT2D eigenvalue weighted by molar-refractivity contribution is -0.121. The number of ether oxygens (including phenoxy) is 1. The van der Waals surface area contributed by atoms with Gasteiger partial charge in [-0.1, -0.05) is 18.2 Å². The van der Waals surface area contributed by atoms with Crippen LogP contribution in [0, 0.1) is 0 Å². The van der Waals surface area contributed by atoms with Gasteiger partial charge in [0.15, 0.2) is 0 Å². The molecule has 3 rings (SSSR count). The van der Waals surface area contributed by atoms with Crippen LogP contribution in [0.25, 0.3) is 6.08 Å². The maximum Gasteiger partial charge on any atom is 0.270 e. The van der Waals surface area contributed by atoms with Gasteiger partial charge in [0.1, 0.15) is 5.75 Å². The first kappa shape index (κ1) is 15.5. The SMILES string of the molecule is COc1ccc(/C=C/C(=O)N2C(=O)c3cccc(N)c3C2=O)cc1. The van der Waals surface area contributed by atoms with Crippen LogP contribution in [0.4, 0.5) is 5.69 Å². The van der Waals surface area contributed by atoms with Crippen molar-refractivity contribution in [3.63, 3.8) is 0 Å². The molecule has 1 heterocycles. The summed E-state index contributed by atoms with van der Waals surface area (Å²) in [4.78, 5) is 37.5. The Hall–Kier alpha value is -3.41. The van der Waals surface area contributed by atoms with Crippen molar-refractivity contribution >= 4 is 29.5 Å². The summed E-state index contributed by atoms with van der Waals surface area (Å²) in [7, 11) is 1.56. The number of nitrogen functional groups attached to an aromatic ring is 1. The number of fused-ring (bicyclic) bond motifs is 1. The highest BCUT2D eigenvalue weighted by molar-refractivity contribution is 6.32. The number of carbonyl (C=O) groups is 3. The molecule has 0 bridgehead atoms. The van der Waals surface area contributed by atoms with E-state index in [0.717, 1.165) is 5.56 Å². The standard InChI is InChI=1S/C18H14N2O4/c1-24-12-8-5-11(6-9-12)7-10-15(21)20-17(22)13-3-2-4-14(19)16(13)18(20)23/h2-10H,19H2,1H3/b10-7+. The molecule has 3 amide bonds. The molecule has 6 heteroatoms. The molecule has 0 radical (unpaired) electrons. The molecular weight excluding hydrogens is 308 g/mol. The number of methoxy groups -OCH3 is 1. The Morgan fingerprint density at radius 1 is 1.08 bits per heavy atom. The molecule has 0 aromatic heterocycles. The minimum Gasteiger partial charge on any atom is -0.497 e. The monoisotopic (exact) mass is 322 g/mol. The summed E-state index contributed by atoms with van der Waals surface area (Å²) in [5, 5.41) is 0. The van der Waals surface area contributed by atoms with Gasteiger partial charge in [0.2, 0.25) is 0 Å². The fourth-order valence-electron chi connectivity index (χ4n) is 2.47. The number of rotatable bonds is 3. The van der Waals surface area contributed by atoms with Crippen LogP contribution in [0.15, 0.2) is 48.5 Å². The van der Waals surface area contributed by atoms with E-state index in [4.69, 9.17) is 10.5 Å². The average molecular weight is 322 g/mol. The summed E-state index contributed by atoms with van der Waals surface area (Å²) < 4.78 is 5.05. The number of nitrogens with two attached hydrogens (primary N) is 1. The second kappa shape index (κ2) is 6.00. The van der Waals surface area contributed by atoms with Crippen molar-refractivity contribution in [2.24, 2.45) is 0 Å². The molecule has 0 atom stereocenters. The summed E-state index contributed by atoms with van der Waals surface area (Å²) in [6, 6.07) is 11.6. The van der Waals surface area contributed by atoms with E-state index < -0.39 is 17.7 Å². The zero-order valence-corrected chi connectivity index (χ0v) is 12.9. The first-order valence-electron chi connectivity index (χ1n) is 7.16. The van der Waals surface area contributed by atoms with Gasteiger partial charge >= 0.3 is 0 Å². The first-order chi connectivity index (χ1) is 11.5. The summed E-state index contributed by atoms with van der Waals surface area (Å²) >= 11 is 0. The lowest BCUT2D eigenvalue weighted by Crippen LogP contribution is -2.34. The average Bonchev–Trinajstić information content (AvgIpc) is 2.85. The van der Waals surface area contributed by atoms with Crippen LogP contribution >= 0.6 is 0 Å². The zero-order valence-electron chi connectivity index (χ0n) is 12.9. The normalized spacial score (nSPS) is 13.5. The smallest absolute Gasteiger partial charge is 0.270 e. The Morgan fingerprint density at radius 3 is 2.42 bits per heavy atom. The van der Waals surface area contributed by atoms with Crippen LogP contribution in [0.3, 0.4) is 0 Å². The van der Waals surface area contributed by atoms with E-state index in [9.17, 15) is 14.4 Å². The van der Waals surface area contributed by atoms with E-state index in [1.54, 1.807) is 37.4 Å². The number of hydrogen-bond donors (Lipinski definition) is 1. The van der Waals surface area contributed by atoms with Crippen molar-refractivity contribution in [1.29, 1.82) is 0 Å². The molecule has 24 heavy (non-hydrogen) atoms. The Morgan fingerprint density at radius 2 is 1.79 bits per heavy atom. The summed E-state index contributed by atoms with van der Waals surface area (Å²) in [6.07, 6.45) is 2.70. The van der Waals surface area contributed by atoms with Gasteiger partial charge < -0.3 is 10.5 Å². The van der Waals surface area contributed by atoms with Gasteiger partial charge in [-0.15, -0.1) is 0 Å². The molecule has 2 aromatic carbocycles. The molecular formula is C18H14N2O4. The van der Waals surface area contributed by atoms with Crippen LogP contribution in [-0.4, -0.2) is 29.7 Å². The molecule has 2 aromatic rings. The van der Waals surface area contributed by atoms with Crippen molar-refractivity contribution in [3.8, 4) is 5.75 Å². The van der Waals surface area contributed by atoms with E-state index in [2.05, 4.69) is 0 Å². The van der Waals surface area contributed by atoms with Crippen LogP contribution in [-0.2, 0) is 4.79 Å². The number of hydrogen-bond acceptors (Lipinski definition) is 5. The summed E-state index contributed by atoms with van der Waals surface area (Å²) in [5.41, 5.74) is 6.88. The molecule has 0 unspecified atom stereocenters. The van der Waals surface area contributed by atoms with E-state index in [1.165, 1.54) is 24.3 Å². The van der Waals surface area contributed by atoms with Gasteiger partial charge in [-0.2, -0.15) is 0 Å². The minimum atomic E-state index is -0.712. The third-order valence-corrected chi connectivity index (χ3v) is 3.70. The predicted molar refractivity (Wildman–Crippen MR) is 88.4 cm³/mol. The van der Waals surface area contributed by atoms with Gasteiger partial charge in [-0.25, -0.2) is 4.90 Å². The molecule has 0 spiro atoms. The maximum atomic E-state index is 12.3. The number of amides is 3. The Bertz CT molecular complexity index is 869. The largest absolute Gasteiger partial charge is 0.497 e. The van der Waals surface area contributed by atoms with Crippen LogP contribution in [0.5, 0.6) is 5.75 Å². The molecule has 0 fully saturated rings. The fraction of sp³-hybridized carbons (Fsp3) is 0.0556. The highest BCUT2D eigenvalue weighted by Gasteiger charge is 2.40. The van der Waals surface area contributed by atoms with Gasteiger partial charge in [0.05, 0.1) is 18.2 Å². The number of carbonyl (C=O) groups excluding carboxylic acids is 3. The highest BCUT2D eigenvalue weighted by Crippen LogP contribution is 2.27. The first-order valence-corrected chi connectivity index (χ1v) is 7.16. The van der Waals surface area contributed by atoms with E-state index >= 15 is 0 Å². The molecule has 0 aliphatic carbocycles. The topological polar surface area (TPSA) is 89.7 Å². The quantitative estimate of drug-likeness (QED) is 0.531. The molecule has 1 aliphatic heterocycles. The number of anilines is 1. The van der Waals surface area contributed by atoms with Gasteiger partial charge in [-0.05, 0) is 35.9 Å². The third-order valence-electron chi connectivity index (χ3n) is 3.70. The summed E-state index contributed by atoms with van der Waals surface area (Å²) in [6.45, 7) is 0. The van der Waals surface area contributed by atoms with Crippen LogP contribution < -0.4 is 10.5 Å². The molecule has 6 nitrogen and oxygen atoms in total. The van der Waals surface area contributed by atoms with Crippen molar-refractivity contribution in [3.05, 3.63) is 65.2 Å². The molecule has 0 saturated carbocycles. The molecule has 1 aliphatic rings. The Labute approximate surface area is 138 Å². The molecule has 120 valence electrons. The fourth-order valence-corrected chi connectivity index (χ4v) is 2.47. The lowest BCUT2D eigenvalue weighted by Gasteiger charge is -2.08.